The van der Waals surface area contributed by atoms with E-state index in [2.05, 4.69) is 228 Å². The van der Waals surface area contributed by atoms with Gasteiger partial charge in [0.1, 0.15) is 0 Å². The van der Waals surface area contributed by atoms with Crippen LogP contribution in [0.15, 0.2) is 224 Å². The van der Waals surface area contributed by atoms with Crippen molar-refractivity contribution >= 4 is 43.6 Å². The van der Waals surface area contributed by atoms with Crippen LogP contribution < -0.4 is 0 Å². The Labute approximate surface area is 358 Å². The average Bonchev–Trinajstić information content (AvgIpc) is 3.87. The van der Waals surface area contributed by atoms with E-state index < -0.39 is 0 Å². The third-order valence-electron chi connectivity index (χ3n) is 12.0. The summed E-state index contributed by atoms with van der Waals surface area (Å²) in [5.41, 5.74) is 13.9. The molecule has 9 aromatic carbocycles. The molecule has 0 fully saturated rings. The van der Waals surface area contributed by atoms with E-state index in [1.54, 1.807) is 0 Å². The van der Waals surface area contributed by atoms with Crippen LogP contribution in [0.4, 0.5) is 0 Å². The maximum absolute atomic E-state index is 5.34. The molecule has 0 aliphatic carbocycles. The Bertz CT molecular complexity index is 3430. The van der Waals surface area contributed by atoms with Crippen molar-refractivity contribution in [3.8, 4) is 67.8 Å². The molecule has 290 valence electrons. The van der Waals surface area contributed by atoms with Crippen LogP contribution in [-0.4, -0.2) is 24.1 Å². The summed E-state index contributed by atoms with van der Waals surface area (Å²) in [6.07, 6.45) is 0. The van der Waals surface area contributed by atoms with Crippen LogP contribution in [0.25, 0.3) is 111 Å². The second-order valence-corrected chi connectivity index (χ2v) is 15.6. The molecule has 62 heavy (non-hydrogen) atoms. The molecule has 0 bridgehead atoms. The zero-order valence-corrected chi connectivity index (χ0v) is 33.6. The van der Waals surface area contributed by atoms with E-state index in [0.717, 1.165) is 61.3 Å². The van der Waals surface area contributed by atoms with Crippen LogP contribution in [0.3, 0.4) is 0 Å². The number of para-hydroxylation sites is 4. The van der Waals surface area contributed by atoms with Gasteiger partial charge in [0.2, 0.25) is 0 Å². The highest BCUT2D eigenvalue weighted by molar-refractivity contribution is 6.11. The van der Waals surface area contributed by atoms with E-state index in [9.17, 15) is 0 Å². The van der Waals surface area contributed by atoms with Gasteiger partial charge in [-0.3, -0.25) is 0 Å². The largest absolute Gasteiger partial charge is 0.309 e. The van der Waals surface area contributed by atoms with Gasteiger partial charge < -0.3 is 9.13 Å². The van der Waals surface area contributed by atoms with Crippen molar-refractivity contribution in [2.75, 3.05) is 0 Å². The van der Waals surface area contributed by atoms with Gasteiger partial charge in [-0.1, -0.05) is 176 Å². The van der Waals surface area contributed by atoms with E-state index in [1.807, 2.05) is 6.07 Å². The van der Waals surface area contributed by atoms with E-state index in [-0.39, 0.29) is 0 Å². The Morgan fingerprint density at radius 1 is 0.242 bits per heavy atom. The molecule has 3 aromatic heterocycles. The van der Waals surface area contributed by atoms with Crippen LogP contribution in [0.1, 0.15) is 0 Å². The molecule has 0 aliphatic heterocycles. The molecular weight excluding hydrogens is 755 g/mol. The molecule has 5 heteroatoms. The van der Waals surface area contributed by atoms with Crippen molar-refractivity contribution in [1.82, 2.24) is 24.1 Å². The van der Waals surface area contributed by atoms with Gasteiger partial charge >= 0.3 is 0 Å². The van der Waals surface area contributed by atoms with Gasteiger partial charge in [-0.25, -0.2) is 15.0 Å². The van der Waals surface area contributed by atoms with Crippen LogP contribution in [0.2, 0.25) is 0 Å². The SMILES string of the molecule is c1ccc(-c2ccc(-c3ccccc3-c3nc(-c4ccc5c6ccccc6n(-c6ccccc6)c5c4)nc(-c4ccc5c6ccccc6n(-c6ccccc6)c5c4)n3)cc2)cc1. The molecule has 12 aromatic rings. The highest BCUT2D eigenvalue weighted by Gasteiger charge is 2.20. The predicted octanol–water partition coefficient (Wildman–Crippen LogP) is 14.4. The highest BCUT2D eigenvalue weighted by atomic mass is 15.0. The smallest absolute Gasteiger partial charge is 0.164 e. The summed E-state index contributed by atoms with van der Waals surface area (Å²) in [6, 6.07) is 79.2. The lowest BCUT2D eigenvalue weighted by Gasteiger charge is -2.13. The lowest BCUT2D eigenvalue weighted by molar-refractivity contribution is 1.07. The molecule has 0 atom stereocenters. The quantitative estimate of drug-likeness (QED) is 0.162. The van der Waals surface area contributed by atoms with Crippen molar-refractivity contribution in [3.05, 3.63) is 224 Å². The third-order valence-corrected chi connectivity index (χ3v) is 12.0. The van der Waals surface area contributed by atoms with Crippen molar-refractivity contribution in [3.63, 3.8) is 0 Å². The fourth-order valence-electron chi connectivity index (χ4n) is 9.09. The summed E-state index contributed by atoms with van der Waals surface area (Å²) in [5, 5.41) is 4.74. The summed E-state index contributed by atoms with van der Waals surface area (Å²) in [4.78, 5) is 16.0. The summed E-state index contributed by atoms with van der Waals surface area (Å²) in [7, 11) is 0. The van der Waals surface area contributed by atoms with Crippen molar-refractivity contribution < 1.29 is 0 Å². The van der Waals surface area contributed by atoms with Crippen LogP contribution >= 0.6 is 0 Å². The zero-order chi connectivity index (χ0) is 41.0. The van der Waals surface area contributed by atoms with Crippen LogP contribution in [-0.2, 0) is 0 Å². The van der Waals surface area contributed by atoms with E-state index in [4.69, 9.17) is 15.0 Å². The van der Waals surface area contributed by atoms with Crippen molar-refractivity contribution in [1.29, 1.82) is 0 Å². The molecule has 12 rings (SSSR count). The molecule has 0 saturated heterocycles. The molecule has 0 unspecified atom stereocenters. The molecule has 0 N–H and O–H groups in total. The minimum atomic E-state index is 0.606. The molecular formula is C57H37N5. The summed E-state index contributed by atoms with van der Waals surface area (Å²) < 4.78 is 4.67. The summed E-state index contributed by atoms with van der Waals surface area (Å²) in [6.45, 7) is 0. The lowest BCUT2D eigenvalue weighted by Crippen LogP contribution is -2.02. The monoisotopic (exact) mass is 791 g/mol. The highest BCUT2D eigenvalue weighted by Crippen LogP contribution is 2.39. The van der Waals surface area contributed by atoms with Gasteiger partial charge in [0.15, 0.2) is 17.5 Å². The van der Waals surface area contributed by atoms with Gasteiger partial charge in [0, 0.05) is 49.6 Å². The Balaban J connectivity index is 1.08. The molecule has 5 nitrogen and oxygen atoms in total. The Morgan fingerprint density at radius 3 is 1.15 bits per heavy atom. The van der Waals surface area contributed by atoms with Gasteiger partial charge in [-0.15, -0.1) is 0 Å². The maximum atomic E-state index is 5.34. The molecule has 0 saturated carbocycles. The van der Waals surface area contributed by atoms with E-state index >= 15 is 0 Å². The number of benzene rings is 9. The second-order valence-electron chi connectivity index (χ2n) is 15.6. The van der Waals surface area contributed by atoms with E-state index in [0.29, 0.717) is 17.5 Å². The third kappa shape index (κ3) is 5.98. The summed E-state index contributed by atoms with van der Waals surface area (Å²) >= 11 is 0. The fourth-order valence-corrected chi connectivity index (χ4v) is 9.09. The van der Waals surface area contributed by atoms with Crippen LogP contribution in [0, 0.1) is 0 Å². The Kier molecular flexibility index (Phi) is 8.42. The Morgan fingerprint density at radius 2 is 0.613 bits per heavy atom. The van der Waals surface area contributed by atoms with Gasteiger partial charge in [-0.2, -0.15) is 0 Å². The maximum Gasteiger partial charge on any atom is 0.164 e. The zero-order valence-electron chi connectivity index (χ0n) is 33.6. The fraction of sp³-hybridized carbons (Fsp3) is 0. The Hall–Kier alpha value is -8.41. The first kappa shape index (κ1) is 35.5. The predicted molar refractivity (Wildman–Crippen MR) is 256 cm³/mol. The van der Waals surface area contributed by atoms with E-state index in [1.165, 1.54) is 32.7 Å². The lowest BCUT2D eigenvalue weighted by atomic mass is 9.96. The molecule has 0 amide bonds. The number of nitrogens with zero attached hydrogens (tertiary/aromatic N) is 5. The molecule has 3 heterocycles. The van der Waals surface area contributed by atoms with Crippen molar-refractivity contribution in [2.45, 2.75) is 0 Å². The standard InChI is InChI=1S/C57H37N5/c1-4-16-38(17-5-1)39-28-30-40(31-29-39)45-22-10-11-25-50(45)57-59-55(41-32-34-48-46-23-12-14-26-51(46)61(53(48)36-41)43-18-6-2-7-19-43)58-56(60-57)42-33-35-49-47-24-13-15-27-52(47)62(54(49)37-42)44-20-8-3-9-21-44/h1-37H. The topological polar surface area (TPSA) is 48.5 Å². The number of rotatable bonds is 7. The minimum Gasteiger partial charge on any atom is -0.309 e. The van der Waals surface area contributed by atoms with Gasteiger partial charge in [-0.05, 0) is 70.8 Å². The number of fused-ring (bicyclic) bond motifs is 6. The first-order chi connectivity index (χ1) is 30.7. The first-order valence-electron chi connectivity index (χ1n) is 20.9. The number of hydrogen-bond acceptors (Lipinski definition) is 3. The summed E-state index contributed by atoms with van der Waals surface area (Å²) in [5.74, 6) is 1.82. The van der Waals surface area contributed by atoms with Gasteiger partial charge in [0.25, 0.3) is 0 Å². The minimum absolute atomic E-state index is 0.606. The van der Waals surface area contributed by atoms with Crippen molar-refractivity contribution in [2.24, 2.45) is 0 Å². The second kappa shape index (κ2) is 14.7. The van der Waals surface area contributed by atoms with Crippen LogP contribution in [0.5, 0.6) is 0 Å². The first-order valence-corrected chi connectivity index (χ1v) is 20.9. The molecule has 0 spiro atoms. The average molecular weight is 792 g/mol. The van der Waals surface area contributed by atoms with Gasteiger partial charge in [0.05, 0.1) is 22.1 Å². The number of aromatic nitrogens is 5. The molecule has 0 radical (unpaired) electrons. The normalized spacial score (nSPS) is 11.5. The number of hydrogen-bond donors (Lipinski definition) is 0. The molecule has 0 aliphatic rings.